The van der Waals surface area contributed by atoms with Crippen molar-refractivity contribution in [3.63, 3.8) is 0 Å². The minimum absolute atomic E-state index is 0.0439. The highest BCUT2D eigenvalue weighted by Crippen LogP contribution is 2.45. The number of rotatable bonds is 4. The molecule has 1 aromatic rings. The molecule has 134 valence electrons. The molecule has 0 bridgehead atoms. The van der Waals surface area contributed by atoms with Crippen molar-refractivity contribution in [2.45, 2.75) is 41.4 Å². The van der Waals surface area contributed by atoms with Crippen molar-refractivity contribution < 1.29 is 26.7 Å². The van der Waals surface area contributed by atoms with Gasteiger partial charge in [0.15, 0.2) is 0 Å². The molecule has 1 saturated heterocycles. The Hall–Kier alpha value is -1.29. The molecule has 1 aliphatic heterocycles. The van der Waals surface area contributed by atoms with Crippen LogP contribution >= 0.6 is 23.4 Å². The Bertz CT molecular complexity index is 666. The quantitative estimate of drug-likeness (QED) is 0.635. The third-order valence-corrected chi connectivity index (χ3v) is 5.48. The predicted molar refractivity (Wildman–Crippen MR) is 80.8 cm³/mol. The number of anilines is 1. The van der Waals surface area contributed by atoms with Gasteiger partial charge in [0.1, 0.15) is 5.25 Å². The lowest BCUT2D eigenvalue weighted by Gasteiger charge is -2.16. The zero-order chi connectivity index (χ0) is 18.1. The zero-order valence-corrected chi connectivity index (χ0v) is 13.5. The number of hydrogen-bond acceptors (Lipinski definition) is 3. The molecule has 3 atom stereocenters. The third-order valence-electron chi connectivity index (χ3n) is 3.28. The molecule has 24 heavy (non-hydrogen) atoms. The molecule has 1 fully saturated rings. The number of alkyl halides is 6. The van der Waals surface area contributed by atoms with Crippen LogP contribution in [-0.2, 0) is 11.3 Å². The molecule has 0 aliphatic carbocycles. The summed E-state index contributed by atoms with van der Waals surface area (Å²) < 4.78 is 63.7. The van der Waals surface area contributed by atoms with E-state index in [4.69, 9.17) is 11.6 Å². The maximum atomic E-state index is 12.7. The van der Waals surface area contributed by atoms with Gasteiger partial charge in [-0.3, -0.25) is 9.59 Å². The molecule has 1 aromatic heterocycles. The van der Waals surface area contributed by atoms with Crippen LogP contribution in [0.1, 0.15) is 6.42 Å². The Morgan fingerprint density at radius 2 is 2.08 bits per heavy atom. The zero-order valence-electron chi connectivity index (χ0n) is 11.9. The van der Waals surface area contributed by atoms with Crippen LogP contribution in [-0.4, -0.2) is 39.0 Å². The van der Waals surface area contributed by atoms with Crippen molar-refractivity contribution in [2.75, 3.05) is 5.32 Å². The third kappa shape index (κ3) is 4.62. The maximum absolute atomic E-state index is 12.7. The lowest BCUT2D eigenvalue weighted by atomic mass is 10.1. The van der Waals surface area contributed by atoms with Crippen molar-refractivity contribution >= 4 is 35.0 Å². The van der Waals surface area contributed by atoms with Crippen molar-refractivity contribution in [3.05, 3.63) is 28.7 Å². The van der Waals surface area contributed by atoms with Crippen LogP contribution in [0.3, 0.4) is 0 Å². The Labute approximate surface area is 142 Å². The van der Waals surface area contributed by atoms with Crippen LogP contribution in [0.15, 0.2) is 23.1 Å². The summed E-state index contributed by atoms with van der Waals surface area (Å²) in [7, 11) is 0. The normalized spacial score (nSPS) is 24.4. The first kappa shape index (κ1) is 19.0. The molecule has 2 heterocycles. The Morgan fingerprint density at radius 3 is 2.62 bits per heavy atom. The van der Waals surface area contributed by atoms with Crippen LogP contribution in [0, 0.1) is 0 Å². The first-order chi connectivity index (χ1) is 11.1. The second-order valence-corrected chi connectivity index (χ2v) is 7.04. The van der Waals surface area contributed by atoms with Gasteiger partial charge in [0.25, 0.3) is 12.0 Å². The number of aromatic nitrogens is 1. The van der Waals surface area contributed by atoms with Gasteiger partial charge in [0, 0.05) is 12.3 Å². The molecule has 0 saturated carbocycles. The van der Waals surface area contributed by atoms with E-state index in [1.54, 1.807) is 0 Å². The first-order valence-electron chi connectivity index (χ1n) is 6.73. The Balaban J connectivity index is 2.07. The molecular formula is C13H12ClF5N2O2S. The van der Waals surface area contributed by atoms with E-state index in [-0.39, 0.29) is 12.1 Å². The summed E-state index contributed by atoms with van der Waals surface area (Å²) >= 11 is 6.07. The summed E-state index contributed by atoms with van der Waals surface area (Å²) in [6.45, 7) is -0.847. The SMILES string of the molecule is O=C(Nc1ccc(=O)n(CC(F)F)c1)C1CC(Cl)C(C(F)(F)F)S1. The van der Waals surface area contributed by atoms with Crippen LogP contribution in [0.4, 0.5) is 27.6 Å². The topological polar surface area (TPSA) is 51.1 Å². The van der Waals surface area contributed by atoms with Gasteiger partial charge in [0.2, 0.25) is 5.91 Å². The van der Waals surface area contributed by atoms with E-state index in [1.165, 1.54) is 6.07 Å². The van der Waals surface area contributed by atoms with Crippen molar-refractivity contribution in [1.82, 2.24) is 4.57 Å². The number of nitrogens with one attached hydrogen (secondary N) is 1. The number of carbonyl (C=O) groups excluding carboxylic acids is 1. The average Bonchev–Trinajstić information content (AvgIpc) is 2.84. The van der Waals surface area contributed by atoms with Gasteiger partial charge in [-0.25, -0.2) is 8.78 Å². The van der Waals surface area contributed by atoms with Gasteiger partial charge in [-0.05, 0) is 12.5 Å². The Morgan fingerprint density at radius 1 is 1.42 bits per heavy atom. The van der Waals surface area contributed by atoms with Gasteiger partial charge < -0.3 is 9.88 Å². The van der Waals surface area contributed by atoms with E-state index >= 15 is 0 Å². The van der Waals surface area contributed by atoms with E-state index in [1.807, 2.05) is 0 Å². The van der Waals surface area contributed by atoms with E-state index < -0.39 is 46.5 Å². The fourth-order valence-electron chi connectivity index (χ4n) is 2.22. The summed E-state index contributed by atoms with van der Waals surface area (Å²) in [6, 6.07) is 2.18. The van der Waals surface area contributed by atoms with Gasteiger partial charge in [-0.15, -0.1) is 23.4 Å². The molecule has 3 unspecified atom stereocenters. The standard InChI is InChI=1S/C13H12ClF5N2O2S/c14-7-3-8(24-11(7)13(17,18)19)12(23)20-6-1-2-10(22)21(4-6)5-9(15)16/h1-2,4,7-9,11H,3,5H2,(H,20,23). The van der Waals surface area contributed by atoms with Crippen LogP contribution in [0.5, 0.6) is 0 Å². The fraction of sp³-hybridized carbons (Fsp3) is 0.538. The van der Waals surface area contributed by atoms with Crippen molar-refractivity contribution in [2.24, 2.45) is 0 Å². The molecule has 0 aromatic carbocycles. The molecule has 1 amide bonds. The molecule has 1 N–H and O–H groups in total. The largest absolute Gasteiger partial charge is 0.402 e. The van der Waals surface area contributed by atoms with E-state index in [0.717, 1.165) is 12.3 Å². The molecule has 11 heteroatoms. The second-order valence-electron chi connectivity index (χ2n) is 5.13. The van der Waals surface area contributed by atoms with Gasteiger partial charge >= 0.3 is 6.18 Å². The van der Waals surface area contributed by atoms with E-state index in [9.17, 15) is 31.5 Å². The highest BCUT2D eigenvalue weighted by atomic mass is 35.5. The van der Waals surface area contributed by atoms with E-state index in [0.29, 0.717) is 16.3 Å². The summed E-state index contributed by atoms with van der Waals surface area (Å²) in [5, 5.41) is -1.76. The van der Waals surface area contributed by atoms with Crippen molar-refractivity contribution in [1.29, 1.82) is 0 Å². The molecule has 0 spiro atoms. The lowest BCUT2D eigenvalue weighted by molar-refractivity contribution is -0.128. The van der Waals surface area contributed by atoms with Crippen LogP contribution in [0.2, 0.25) is 0 Å². The Kier molecular flexibility index (Phi) is 5.79. The summed E-state index contributed by atoms with van der Waals surface area (Å²) in [5.74, 6) is -0.723. The molecule has 1 aliphatic rings. The monoisotopic (exact) mass is 390 g/mol. The number of carbonyl (C=O) groups is 1. The number of amides is 1. The number of thioether (sulfide) groups is 1. The molecule has 2 rings (SSSR count). The number of hydrogen-bond donors (Lipinski definition) is 1. The highest BCUT2D eigenvalue weighted by Gasteiger charge is 2.52. The van der Waals surface area contributed by atoms with Gasteiger partial charge in [-0.1, -0.05) is 0 Å². The second kappa shape index (κ2) is 7.30. The van der Waals surface area contributed by atoms with Crippen molar-refractivity contribution in [3.8, 4) is 0 Å². The van der Waals surface area contributed by atoms with Crippen LogP contribution < -0.4 is 10.9 Å². The van der Waals surface area contributed by atoms with E-state index in [2.05, 4.69) is 5.32 Å². The van der Waals surface area contributed by atoms with Crippen LogP contribution in [0.25, 0.3) is 0 Å². The predicted octanol–water partition coefficient (Wildman–Crippen LogP) is 3.10. The average molecular weight is 391 g/mol. The number of pyridine rings is 1. The molecule has 4 nitrogen and oxygen atoms in total. The highest BCUT2D eigenvalue weighted by molar-refractivity contribution is 8.01. The summed E-state index contributed by atoms with van der Waals surface area (Å²) in [5.41, 5.74) is -0.635. The smallest absolute Gasteiger partial charge is 0.324 e. The first-order valence-corrected chi connectivity index (χ1v) is 8.11. The minimum atomic E-state index is -4.52. The summed E-state index contributed by atoms with van der Waals surface area (Å²) in [6.07, 6.45) is -6.43. The lowest BCUT2D eigenvalue weighted by Crippen LogP contribution is -2.30. The number of nitrogens with zero attached hydrogens (tertiary/aromatic N) is 1. The minimum Gasteiger partial charge on any atom is -0.324 e. The number of halogens is 6. The summed E-state index contributed by atoms with van der Waals surface area (Å²) in [4.78, 5) is 23.5. The van der Waals surface area contributed by atoms with Gasteiger partial charge in [0.05, 0.1) is 22.9 Å². The molecular weight excluding hydrogens is 379 g/mol. The molecule has 0 radical (unpaired) electrons. The fourth-order valence-corrected chi connectivity index (χ4v) is 4.11. The maximum Gasteiger partial charge on any atom is 0.402 e. The van der Waals surface area contributed by atoms with Gasteiger partial charge in [-0.2, -0.15) is 13.2 Å².